The minimum Gasteiger partial charge on any atom is -0.330 e. The number of rotatable bonds is 6. The highest BCUT2D eigenvalue weighted by Crippen LogP contribution is 2.28. The Morgan fingerprint density at radius 3 is 2.21 bits per heavy atom. The minimum atomic E-state index is -4.14. The Morgan fingerprint density at radius 2 is 1.86 bits per heavy atom. The van der Waals surface area contributed by atoms with Crippen molar-refractivity contribution in [3.8, 4) is 0 Å². The van der Waals surface area contributed by atoms with Gasteiger partial charge in [0.2, 0.25) is 0 Å². The van der Waals surface area contributed by atoms with Crippen molar-refractivity contribution in [2.45, 2.75) is 26.4 Å². The van der Waals surface area contributed by atoms with E-state index in [0.29, 0.717) is 5.92 Å². The summed E-state index contributed by atoms with van der Waals surface area (Å²) in [6, 6.07) is 0. The largest absolute Gasteiger partial charge is 0.393 e. The molecule has 0 rings (SSSR count). The predicted molar refractivity (Wildman–Crippen MR) is 55.4 cm³/mol. The molecule has 0 spiro atoms. The van der Waals surface area contributed by atoms with Crippen LogP contribution in [-0.4, -0.2) is 24.2 Å². The number of halogens is 3. The molecule has 0 aromatic heterocycles. The Morgan fingerprint density at radius 1 is 1.29 bits per heavy atom. The van der Waals surface area contributed by atoms with Crippen LogP contribution in [0.4, 0.5) is 13.2 Å². The number of hydrogen-bond donors (Lipinski definition) is 1. The van der Waals surface area contributed by atoms with E-state index < -0.39 is 12.1 Å². The van der Waals surface area contributed by atoms with Gasteiger partial charge in [-0.1, -0.05) is 20.3 Å². The van der Waals surface area contributed by atoms with Gasteiger partial charge in [0.1, 0.15) is 0 Å². The monoisotopic (exact) mass is 229 g/mol. The van der Waals surface area contributed by atoms with Gasteiger partial charge in [0.25, 0.3) is 0 Å². The fraction of sp³-hybridized carbons (Fsp3) is 1.00. The summed E-state index contributed by atoms with van der Waals surface area (Å²) in [4.78, 5) is 0. The molecule has 2 atom stereocenters. The predicted octanol–water partition coefficient (Wildman–Crippen LogP) is 2.90. The van der Waals surface area contributed by atoms with Crippen LogP contribution < -0.4 is 5.73 Å². The number of thioether (sulfide) groups is 1. The minimum absolute atomic E-state index is 0.0876. The lowest BCUT2D eigenvalue weighted by molar-refractivity contribution is -0.165. The Hall–Kier alpha value is 0.100. The van der Waals surface area contributed by atoms with E-state index in [9.17, 15) is 13.2 Å². The summed E-state index contributed by atoms with van der Waals surface area (Å²) in [5.74, 6) is -0.00355. The third-order valence-corrected chi connectivity index (χ3v) is 3.61. The summed E-state index contributed by atoms with van der Waals surface area (Å²) in [6.07, 6.45) is -3.14. The molecule has 0 radical (unpaired) electrons. The highest BCUT2D eigenvalue weighted by atomic mass is 32.2. The molecule has 0 aliphatic rings. The maximum atomic E-state index is 12.2. The van der Waals surface area contributed by atoms with Crippen LogP contribution in [0.15, 0.2) is 0 Å². The second kappa shape index (κ2) is 6.56. The highest BCUT2D eigenvalue weighted by Gasteiger charge is 2.38. The summed E-state index contributed by atoms with van der Waals surface area (Å²) >= 11 is 1.35. The van der Waals surface area contributed by atoms with Gasteiger partial charge in [-0.2, -0.15) is 24.9 Å². The lowest BCUT2D eigenvalue weighted by Crippen LogP contribution is -2.32. The third-order valence-electron chi connectivity index (χ3n) is 2.17. The SMILES string of the molecule is CCC(C)CSCC(CN)C(F)(F)F. The smallest absolute Gasteiger partial charge is 0.330 e. The van der Waals surface area contributed by atoms with Crippen LogP contribution in [0.1, 0.15) is 20.3 Å². The Kier molecular flexibility index (Phi) is 6.61. The molecule has 0 aliphatic heterocycles. The van der Waals surface area contributed by atoms with Crippen LogP contribution in [0.5, 0.6) is 0 Å². The first-order chi connectivity index (χ1) is 6.41. The van der Waals surface area contributed by atoms with Gasteiger partial charge >= 0.3 is 6.18 Å². The van der Waals surface area contributed by atoms with Crippen molar-refractivity contribution in [2.75, 3.05) is 18.1 Å². The van der Waals surface area contributed by atoms with Crippen LogP contribution in [0.25, 0.3) is 0 Å². The first-order valence-corrected chi connectivity index (χ1v) is 5.91. The fourth-order valence-corrected chi connectivity index (χ4v) is 2.21. The molecule has 0 aromatic rings. The molecule has 2 unspecified atom stereocenters. The molecule has 0 saturated heterocycles. The van der Waals surface area contributed by atoms with Crippen molar-refractivity contribution in [1.29, 1.82) is 0 Å². The molecular weight excluding hydrogens is 211 g/mol. The van der Waals surface area contributed by atoms with Crippen LogP contribution in [-0.2, 0) is 0 Å². The Bertz CT molecular complexity index is 149. The maximum absolute atomic E-state index is 12.2. The van der Waals surface area contributed by atoms with Crippen molar-refractivity contribution in [1.82, 2.24) is 0 Å². The number of nitrogens with two attached hydrogens (primary N) is 1. The summed E-state index contributed by atoms with van der Waals surface area (Å²) in [5, 5.41) is 0. The first kappa shape index (κ1) is 14.1. The quantitative estimate of drug-likeness (QED) is 0.758. The Balaban J connectivity index is 3.74. The van der Waals surface area contributed by atoms with Crippen molar-refractivity contribution in [3.63, 3.8) is 0 Å². The molecule has 0 saturated carbocycles. The van der Waals surface area contributed by atoms with Gasteiger partial charge in [-0.25, -0.2) is 0 Å². The van der Waals surface area contributed by atoms with E-state index in [1.165, 1.54) is 11.8 Å². The van der Waals surface area contributed by atoms with Crippen LogP contribution in [0.3, 0.4) is 0 Å². The van der Waals surface area contributed by atoms with Crippen molar-refractivity contribution in [3.05, 3.63) is 0 Å². The van der Waals surface area contributed by atoms with E-state index >= 15 is 0 Å². The zero-order valence-corrected chi connectivity index (χ0v) is 9.42. The topological polar surface area (TPSA) is 26.0 Å². The third kappa shape index (κ3) is 5.75. The summed E-state index contributed by atoms with van der Waals surface area (Å²) in [6.45, 7) is 3.77. The lowest BCUT2D eigenvalue weighted by atomic mass is 10.2. The molecule has 0 bridgehead atoms. The summed E-state index contributed by atoms with van der Waals surface area (Å²) in [5.41, 5.74) is 5.07. The van der Waals surface area contributed by atoms with Crippen LogP contribution in [0, 0.1) is 11.8 Å². The zero-order chi connectivity index (χ0) is 11.2. The molecule has 0 fully saturated rings. The van der Waals surface area contributed by atoms with E-state index in [-0.39, 0.29) is 12.3 Å². The van der Waals surface area contributed by atoms with E-state index in [0.717, 1.165) is 12.2 Å². The average Bonchev–Trinajstić information content (AvgIpc) is 2.09. The fourth-order valence-electron chi connectivity index (χ4n) is 0.825. The molecule has 1 nitrogen and oxygen atoms in total. The zero-order valence-electron chi connectivity index (χ0n) is 8.60. The Labute approximate surface area is 87.6 Å². The van der Waals surface area contributed by atoms with Gasteiger partial charge in [-0.05, 0) is 11.7 Å². The van der Waals surface area contributed by atoms with Crippen molar-refractivity contribution in [2.24, 2.45) is 17.6 Å². The first-order valence-electron chi connectivity index (χ1n) is 4.76. The van der Waals surface area contributed by atoms with Gasteiger partial charge in [-0.15, -0.1) is 0 Å². The molecule has 5 heteroatoms. The molecule has 2 N–H and O–H groups in total. The second-order valence-electron chi connectivity index (χ2n) is 3.53. The van der Waals surface area contributed by atoms with E-state index in [1.54, 1.807) is 0 Å². The summed E-state index contributed by atoms with van der Waals surface area (Å²) < 4.78 is 36.7. The average molecular weight is 229 g/mol. The number of alkyl halides is 3. The van der Waals surface area contributed by atoms with Gasteiger partial charge in [-0.3, -0.25) is 0 Å². The van der Waals surface area contributed by atoms with Crippen molar-refractivity contribution >= 4 is 11.8 Å². The second-order valence-corrected chi connectivity index (χ2v) is 4.60. The van der Waals surface area contributed by atoms with Crippen LogP contribution in [0.2, 0.25) is 0 Å². The standard InChI is InChI=1S/C9H18F3NS/c1-3-7(2)5-14-6-8(4-13)9(10,11)12/h7-8H,3-6,13H2,1-2H3. The lowest BCUT2D eigenvalue weighted by Gasteiger charge is -2.18. The van der Waals surface area contributed by atoms with E-state index in [4.69, 9.17) is 5.73 Å². The van der Waals surface area contributed by atoms with Gasteiger partial charge in [0.05, 0.1) is 5.92 Å². The molecular formula is C9H18F3NS. The molecule has 86 valence electrons. The molecule has 0 amide bonds. The molecule has 0 aromatic carbocycles. The summed E-state index contributed by atoms with van der Waals surface area (Å²) in [7, 11) is 0. The molecule has 0 aliphatic carbocycles. The molecule has 14 heavy (non-hydrogen) atoms. The maximum Gasteiger partial charge on any atom is 0.393 e. The highest BCUT2D eigenvalue weighted by molar-refractivity contribution is 7.99. The van der Waals surface area contributed by atoms with E-state index in [2.05, 4.69) is 0 Å². The normalized spacial score (nSPS) is 16.7. The van der Waals surface area contributed by atoms with Crippen molar-refractivity contribution < 1.29 is 13.2 Å². The van der Waals surface area contributed by atoms with Gasteiger partial charge < -0.3 is 5.73 Å². The van der Waals surface area contributed by atoms with Crippen LogP contribution >= 0.6 is 11.8 Å². The van der Waals surface area contributed by atoms with Gasteiger partial charge in [0.15, 0.2) is 0 Å². The van der Waals surface area contributed by atoms with Gasteiger partial charge in [0, 0.05) is 12.3 Å². The van der Waals surface area contributed by atoms with E-state index in [1.807, 2.05) is 13.8 Å². The number of hydrogen-bond acceptors (Lipinski definition) is 2. The molecule has 0 heterocycles.